The van der Waals surface area contributed by atoms with Crippen LogP contribution in [-0.4, -0.2) is 0 Å². The summed E-state index contributed by atoms with van der Waals surface area (Å²) in [6.45, 7) is 0. The van der Waals surface area contributed by atoms with Gasteiger partial charge in [-0.05, 0) is 92.0 Å². The minimum absolute atomic E-state index is 1.12. The summed E-state index contributed by atoms with van der Waals surface area (Å²) >= 11 is 3.76. The van der Waals surface area contributed by atoms with Gasteiger partial charge in [-0.25, -0.2) is 0 Å². The van der Waals surface area contributed by atoms with E-state index >= 15 is 0 Å². The molecule has 0 spiro atoms. The monoisotopic (exact) mass is 785 g/mol. The van der Waals surface area contributed by atoms with E-state index in [2.05, 4.69) is 217 Å². The van der Waals surface area contributed by atoms with E-state index in [-0.39, 0.29) is 0 Å². The van der Waals surface area contributed by atoms with Gasteiger partial charge in [0.1, 0.15) is 0 Å². The summed E-state index contributed by atoms with van der Waals surface area (Å²) in [6, 6.07) is 78.2. The topological polar surface area (TPSA) is 3.24 Å². The first-order valence-electron chi connectivity index (χ1n) is 20.1. The third-order valence-corrected chi connectivity index (χ3v) is 14.3. The lowest BCUT2D eigenvalue weighted by molar-refractivity contribution is 1.32. The molecule has 0 aliphatic heterocycles. The normalized spacial score (nSPS) is 11.7. The Bertz CT molecular complexity index is 3550. The van der Waals surface area contributed by atoms with Crippen LogP contribution >= 0.6 is 22.7 Å². The lowest BCUT2D eigenvalue weighted by atomic mass is 9.93. The molecule has 3 heteroatoms. The van der Waals surface area contributed by atoms with Crippen LogP contribution in [0.4, 0.5) is 17.1 Å². The number of hydrogen-bond donors (Lipinski definition) is 0. The SMILES string of the molecule is c1ccc(-c2cccc3c2sc2c(N(c4ccc(-c5ccc6sc7ccccc7c6c5)cc4)c4ccc(-c5cccc6ccccc56)c5ccccc45)cccc23)cc1. The molecule has 0 saturated heterocycles. The molecule has 2 heterocycles. The molecule has 0 aliphatic rings. The molecule has 0 N–H and O–H groups in total. The maximum absolute atomic E-state index is 2.49. The Morgan fingerprint density at radius 3 is 1.76 bits per heavy atom. The second kappa shape index (κ2) is 13.8. The molecule has 2 aromatic heterocycles. The van der Waals surface area contributed by atoms with Gasteiger partial charge in [0.2, 0.25) is 0 Å². The fraction of sp³-hybridized carbons (Fsp3) is 0. The zero-order valence-electron chi connectivity index (χ0n) is 32.0. The highest BCUT2D eigenvalue weighted by Crippen LogP contribution is 2.49. The highest BCUT2D eigenvalue weighted by Gasteiger charge is 2.22. The molecule has 0 fully saturated rings. The third kappa shape index (κ3) is 5.58. The van der Waals surface area contributed by atoms with Crippen molar-refractivity contribution < 1.29 is 0 Å². The predicted molar refractivity (Wildman–Crippen MR) is 258 cm³/mol. The van der Waals surface area contributed by atoms with Crippen LogP contribution < -0.4 is 4.90 Å². The molecule has 0 radical (unpaired) electrons. The van der Waals surface area contributed by atoms with Gasteiger partial charge >= 0.3 is 0 Å². The number of anilines is 3. The van der Waals surface area contributed by atoms with Crippen molar-refractivity contribution in [2.75, 3.05) is 4.90 Å². The molecule has 0 bridgehead atoms. The van der Waals surface area contributed by atoms with Crippen LogP contribution in [-0.2, 0) is 0 Å². The summed E-state index contributed by atoms with van der Waals surface area (Å²) in [6.07, 6.45) is 0. The lowest BCUT2D eigenvalue weighted by Gasteiger charge is -2.28. The first-order chi connectivity index (χ1) is 29.3. The first-order valence-corrected chi connectivity index (χ1v) is 21.7. The maximum Gasteiger partial charge on any atom is 0.0640 e. The molecule has 0 atom stereocenters. The summed E-state index contributed by atoms with van der Waals surface area (Å²) in [5.41, 5.74) is 10.9. The minimum Gasteiger partial charge on any atom is -0.308 e. The summed E-state index contributed by atoms with van der Waals surface area (Å²) in [4.78, 5) is 2.49. The van der Waals surface area contributed by atoms with Gasteiger partial charge in [-0.3, -0.25) is 0 Å². The lowest BCUT2D eigenvalue weighted by Crippen LogP contribution is -2.11. The van der Waals surface area contributed by atoms with Crippen molar-refractivity contribution in [2.45, 2.75) is 0 Å². The maximum atomic E-state index is 2.49. The number of benzene rings is 10. The van der Waals surface area contributed by atoms with Crippen molar-refractivity contribution >= 4 is 102 Å². The quantitative estimate of drug-likeness (QED) is 0.162. The van der Waals surface area contributed by atoms with Crippen LogP contribution in [0.15, 0.2) is 212 Å². The number of fused-ring (bicyclic) bond motifs is 8. The molecule has 0 saturated carbocycles. The molecule has 59 heavy (non-hydrogen) atoms. The molecule has 12 aromatic rings. The fourth-order valence-corrected chi connectivity index (χ4v) is 11.5. The van der Waals surface area contributed by atoms with E-state index in [1.54, 1.807) is 0 Å². The predicted octanol–water partition coefficient (Wildman–Crippen LogP) is 17.2. The molecular weight excluding hydrogens is 751 g/mol. The van der Waals surface area contributed by atoms with Crippen LogP contribution in [0.5, 0.6) is 0 Å². The number of thiophene rings is 2. The van der Waals surface area contributed by atoms with E-state index in [9.17, 15) is 0 Å². The minimum atomic E-state index is 1.12. The Morgan fingerprint density at radius 2 is 0.898 bits per heavy atom. The van der Waals surface area contributed by atoms with Gasteiger partial charge in [-0.2, -0.15) is 0 Å². The van der Waals surface area contributed by atoms with E-state index in [1.807, 2.05) is 22.7 Å². The highest BCUT2D eigenvalue weighted by molar-refractivity contribution is 7.27. The standard InChI is InChI=1S/C56H35NS2/c1-2-13-38(14-3-1)42-21-11-23-48-49-24-12-25-52(56(49)59-55(42)48)57(40-30-27-36(28-31-40)39-29-34-54-50(35-39)47-20-8-9-26-53(47)58-54)51-33-32-45(44-18-6-7-19-46(44)51)43-22-10-16-37-15-4-5-17-41(37)43/h1-35H. The highest BCUT2D eigenvalue weighted by atomic mass is 32.1. The van der Waals surface area contributed by atoms with Gasteiger partial charge in [-0.15, -0.1) is 22.7 Å². The van der Waals surface area contributed by atoms with E-state index in [0.717, 1.165) is 11.4 Å². The number of hydrogen-bond acceptors (Lipinski definition) is 3. The van der Waals surface area contributed by atoms with Crippen molar-refractivity contribution in [3.8, 4) is 33.4 Å². The first kappa shape index (κ1) is 34.0. The molecule has 10 aromatic carbocycles. The average Bonchev–Trinajstić information content (AvgIpc) is 3.88. The van der Waals surface area contributed by atoms with Gasteiger partial charge in [0.05, 0.1) is 16.1 Å². The zero-order valence-corrected chi connectivity index (χ0v) is 33.6. The second-order valence-corrected chi connectivity index (χ2v) is 17.3. The van der Waals surface area contributed by atoms with E-state index in [1.165, 1.54) is 101 Å². The Morgan fingerprint density at radius 1 is 0.288 bits per heavy atom. The Labute approximate surface area is 350 Å². The van der Waals surface area contributed by atoms with Gasteiger partial charge in [0.25, 0.3) is 0 Å². The average molecular weight is 786 g/mol. The van der Waals surface area contributed by atoms with Crippen molar-refractivity contribution in [3.63, 3.8) is 0 Å². The Hall–Kier alpha value is -7.04. The van der Waals surface area contributed by atoms with Gasteiger partial charge < -0.3 is 4.90 Å². The van der Waals surface area contributed by atoms with Crippen molar-refractivity contribution in [3.05, 3.63) is 212 Å². The van der Waals surface area contributed by atoms with Crippen molar-refractivity contribution in [2.24, 2.45) is 0 Å². The second-order valence-electron chi connectivity index (χ2n) is 15.2. The smallest absolute Gasteiger partial charge is 0.0640 e. The number of rotatable bonds is 6. The summed E-state index contributed by atoms with van der Waals surface area (Å²) in [5, 5.41) is 10.1. The Kier molecular flexibility index (Phi) is 7.97. The molecule has 0 unspecified atom stereocenters. The molecule has 0 aliphatic carbocycles. The molecule has 1 nitrogen and oxygen atoms in total. The van der Waals surface area contributed by atoms with Gasteiger partial charge in [0.15, 0.2) is 0 Å². The zero-order chi connectivity index (χ0) is 38.9. The third-order valence-electron chi connectivity index (χ3n) is 11.9. The van der Waals surface area contributed by atoms with Crippen molar-refractivity contribution in [1.29, 1.82) is 0 Å². The van der Waals surface area contributed by atoms with Gasteiger partial charge in [0, 0.05) is 46.7 Å². The largest absolute Gasteiger partial charge is 0.308 e. The van der Waals surface area contributed by atoms with Crippen LogP contribution in [0.2, 0.25) is 0 Å². The fourth-order valence-electron chi connectivity index (χ4n) is 9.12. The summed E-state index contributed by atoms with van der Waals surface area (Å²) in [5.74, 6) is 0. The van der Waals surface area contributed by atoms with E-state index in [4.69, 9.17) is 0 Å². The number of nitrogens with zero attached hydrogens (tertiary/aromatic N) is 1. The van der Waals surface area contributed by atoms with Gasteiger partial charge in [-0.1, -0.05) is 170 Å². The van der Waals surface area contributed by atoms with E-state index in [0.29, 0.717) is 0 Å². The van der Waals surface area contributed by atoms with Crippen LogP contribution in [0, 0.1) is 0 Å². The molecular formula is C56H35NS2. The van der Waals surface area contributed by atoms with Crippen LogP contribution in [0.1, 0.15) is 0 Å². The van der Waals surface area contributed by atoms with Crippen molar-refractivity contribution in [1.82, 2.24) is 0 Å². The molecule has 276 valence electrons. The van der Waals surface area contributed by atoms with Crippen LogP contribution in [0.25, 0.3) is 95.3 Å². The summed E-state index contributed by atoms with van der Waals surface area (Å²) < 4.78 is 5.23. The Balaban J connectivity index is 1.07. The van der Waals surface area contributed by atoms with E-state index < -0.39 is 0 Å². The van der Waals surface area contributed by atoms with Crippen LogP contribution in [0.3, 0.4) is 0 Å². The summed E-state index contributed by atoms with van der Waals surface area (Å²) in [7, 11) is 0. The molecule has 12 rings (SSSR count). The molecule has 0 amide bonds.